The minimum absolute atomic E-state index is 0.00757. The van der Waals surface area contributed by atoms with Crippen LogP contribution < -0.4 is 0 Å². The fourth-order valence-corrected chi connectivity index (χ4v) is 6.36. The number of carbonyl (C=O) groups is 1. The maximum absolute atomic E-state index is 13.0. The Morgan fingerprint density at radius 1 is 1.09 bits per heavy atom. The van der Waals surface area contributed by atoms with E-state index in [1.807, 2.05) is 19.1 Å². The van der Waals surface area contributed by atoms with E-state index in [1.165, 1.54) is 6.07 Å². The molecule has 0 spiro atoms. The number of carbonyl (C=O) groups excluding carboxylic acids is 1. The van der Waals surface area contributed by atoms with Gasteiger partial charge in [0.05, 0.1) is 29.4 Å². The molecule has 2 heterocycles. The number of rotatable bonds is 3. The number of hydrogen-bond acceptors (Lipinski definition) is 5. The molecule has 1 aliphatic heterocycles. The van der Waals surface area contributed by atoms with E-state index in [4.69, 9.17) is 4.74 Å². The molecule has 1 aromatic carbocycles. The molecule has 5 rings (SSSR count). The van der Waals surface area contributed by atoms with Gasteiger partial charge in [0.25, 0.3) is 0 Å². The van der Waals surface area contributed by atoms with Crippen LogP contribution in [0.1, 0.15) is 37.4 Å². The number of halogens is 3. The molecule has 3 aliphatic rings. The van der Waals surface area contributed by atoms with E-state index >= 15 is 0 Å². The Balaban J connectivity index is 1.39. The summed E-state index contributed by atoms with van der Waals surface area (Å²) < 4.78 is 44.7. The number of nitrogens with zero attached hydrogens (tertiary/aromatic N) is 1. The highest BCUT2D eigenvalue weighted by molar-refractivity contribution is 5.75. The first-order chi connectivity index (χ1) is 16.6. The number of fused-ring (bicyclic) bond motifs is 2. The van der Waals surface area contributed by atoms with Crippen LogP contribution in [-0.2, 0) is 15.7 Å². The molecular weight excluding hydrogens is 459 g/mol. The van der Waals surface area contributed by atoms with Crippen LogP contribution in [-0.4, -0.2) is 39.5 Å². The molecule has 1 aromatic heterocycles. The topological polar surface area (TPSA) is 79.7 Å². The molecule has 0 unspecified atom stereocenters. The molecule has 186 valence electrons. The van der Waals surface area contributed by atoms with Gasteiger partial charge >= 0.3 is 12.1 Å². The molecule has 2 aromatic rings. The van der Waals surface area contributed by atoms with Crippen LogP contribution in [0.5, 0.6) is 0 Å². The second-order valence-electron chi connectivity index (χ2n) is 10.0. The lowest BCUT2D eigenvalue weighted by Gasteiger charge is -2.48. The van der Waals surface area contributed by atoms with Gasteiger partial charge in [-0.2, -0.15) is 13.2 Å². The van der Waals surface area contributed by atoms with Gasteiger partial charge in [0, 0.05) is 17.7 Å². The van der Waals surface area contributed by atoms with Crippen molar-refractivity contribution in [1.29, 1.82) is 0 Å². The largest absolute Gasteiger partial charge is 0.462 e. The summed E-state index contributed by atoms with van der Waals surface area (Å²) in [7, 11) is 0. The van der Waals surface area contributed by atoms with Gasteiger partial charge in [0.15, 0.2) is 0 Å². The smallest absolute Gasteiger partial charge is 0.416 e. The monoisotopic (exact) mass is 487 g/mol. The van der Waals surface area contributed by atoms with Crippen molar-refractivity contribution >= 4 is 12.0 Å². The van der Waals surface area contributed by atoms with Crippen LogP contribution in [0, 0.1) is 29.6 Å². The second kappa shape index (κ2) is 9.06. The maximum Gasteiger partial charge on any atom is 0.416 e. The van der Waals surface area contributed by atoms with Crippen LogP contribution in [0.3, 0.4) is 0 Å². The minimum atomic E-state index is -4.41. The number of esters is 1. The van der Waals surface area contributed by atoms with Crippen LogP contribution >= 0.6 is 0 Å². The van der Waals surface area contributed by atoms with Gasteiger partial charge in [-0.15, -0.1) is 0 Å². The van der Waals surface area contributed by atoms with Crippen molar-refractivity contribution in [3.05, 3.63) is 59.9 Å². The summed E-state index contributed by atoms with van der Waals surface area (Å²) in [6, 6.07) is 8.63. The van der Waals surface area contributed by atoms with Crippen molar-refractivity contribution in [3.8, 4) is 11.1 Å². The highest BCUT2D eigenvalue weighted by atomic mass is 19.4. The van der Waals surface area contributed by atoms with Gasteiger partial charge in [0.1, 0.15) is 6.10 Å². The summed E-state index contributed by atoms with van der Waals surface area (Å²) in [6.07, 6.45) is 0.947. The Morgan fingerprint density at radius 2 is 1.89 bits per heavy atom. The number of cyclic esters (lactones) is 1. The lowest BCUT2D eigenvalue weighted by molar-refractivity contribution is -0.146. The van der Waals surface area contributed by atoms with Gasteiger partial charge in [-0.05, 0) is 73.8 Å². The van der Waals surface area contributed by atoms with Crippen molar-refractivity contribution in [1.82, 2.24) is 4.98 Å². The molecule has 2 saturated carbocycles. The van der Waals surface area contributed by atoms with Crippen LogP contribution in [0.25, 0.3) is 17.2 Å². The SMILES string of the molecule is C[C@H]1OC(=O)[C@@H]2C[C@@H]3[C@@H](O)[C@H](O)CC[C@H]3[C@H](/C=C/c3ccc(-c4cccc(C(F)(F)F)c4)cn3)[C@H]12. The molecule has 2 N–H and O–H groups in total. The summed E-state index contributed by atoms with van der Waals surface area (Å²) in [6.45, 7) is 1.90. The molecule has 3 fully saturated rings. The van der Waals surface area contributed by atoms with E-state index in [9.17, 15) is 28.2 Å². The van der Waals surface area contributed by atoms with Gasteiger partial charge in [-0.1, -0.05) is 24.3 Å². The predicted octanol–water partition coefficient (Wildman–Crippen LogP) is 4.73. The molecule has 2 aliphatic carbocycles. The molecule has 8 atom stereocenters. The highest BCUT2D eigenvalue weighted by Crippen LogP contribution is 2.53. The van der Waals surface area contributed by atoms with E-state index < -0.39 is 23.9 Å². The molecule has 5 nitrogen and oxygen atoms in total. The van der Waals surface area contributed by atoms with E-state index in [-0.39, 0.29) is 41.7 Å². The van der Waals surface area contributed by atoms with E-state index in [1.54, 1.807) is 24.4 Å². The summed E-state index contributed by atoms with van der Waals surface area (Å²) in [5.41, 5.74) is 0.959. The van der Waals surface area contributed by atoms with Crippen molar-refractivity contribution in [2.75, 3.05) is 0 Å². The van der Waals surface area contributed by atoms with Gasteiger partial charge in [0.2, 0.25) is 0 Å². The first-order valence-electron chi connectivity index (χ1n) is 12.0. The number of aliphatic hydroxyl groups is 2. The predicted molar refractivity (Wildman–Crippen MR) is 123 cm³/mol. The van der Waals surface area contributed by atoms with Crippen LogP contribution in [0.4, 0.5) is 13.2 Å². The normalized spacial score (nSPS) is 35.0. The number of pyridine rings is 1. The summed E-state index contributed by atoms with van der Waals surface area (Å²) >= 11 is 0. The van der Waals surface area contributed by atoms with E-state index in [2.05, 4.69) is 4.98 Å². The number of ether oxygens (including phenoxy) is 1. The Morgan fingerprint density at radius 3 is 2.60 bits per heavy atom. The van der Waals surface area contributed by atoms with Crippen molar-refractivity contribution in [2.24, 2.45) is 29.6 Å². The molecule has 8 heteroatoms. The first-order valence-corrected chi connectivity index (χ1v) is 12.0. The number of allylic oxidation sites excluding steroid dienone is 1. The molecule has 35 heavy (non-hydrogen) atoms. The maximum atomic E-state index is 13.0. The zero-order valence-electron chi connectivity index (χ0n) is 19.2. The molecule has 0 amide bonds. The fraction of sp³-hybridized carbons (Fsp3) is 0.481. The molecule has 0 bridgehead atoms. The molecular formula is C27H28F3NO4. The van der Waals surface area contributed by atoms with Crippen molar-refractivity contribution in [3.63, 3.8) is 0 Å². The Bertz CT molecular complexity index is 1120. The number of alkyl halides is 3. The molecule has 1 saturated heterocycles. The number of aliphatic hydroxyl groups excluding tert-OH is 2. The zero-order chi connectivity index (χ0) is 24.9. The Labute approximate surface area is 201 Å². The first kappa shape index (κ1) is 24.0. The van der Waals surface area contributed by atoms with Crippen LogP contribution in [0.15, 0.2) is 48.7 Å². The average molecular weight is 488 g/mol. The zero-order valence-corrected chi connectivity index (χ0v) is 19.2. The van der Waals surface area contributed by atoms with E-state index in [0.29, 0.717) is 29.7 Å². The van der Waals surface area contributed by atoms with Crippen molar-refractivity contribution in [2.45, 2.75) is 50.7 Å². The third-order valence-corrected chi connectivity index (χ3v) is 8.05. The Kier molecular flexibility index (Phi) is 6.21. The summed E-state index contributed by atoms with van der Waals surface area (Å²) in [4.78, 5) is 16.9. The summed E-state index contributed by atoms with van der Waals surface area (Å²) in [5.74, 6) is -0.637. The third kappa shape index (κ3) is 4.49. The highest BCUT2D eigenvalue weighted by Gasteiger charge is 2.56. The molecule has 0 radical (unpaired) electrons. The fourth-order valence-electron chi connectivity index (χ4n) is 6.36. The lowest BCUT2D eigenvalue weighted by atomic mass is 9.56. The van der Waals surface area contributed by atoms with Gasteiger partial charge < -0.3 is 14.9 Å². The number of aromatic nitrogens is 1. The van der Waals surface area contributed by atoms with Gasteiger partial charge in [-0.3, -0.25) is 9.78 Å². The standard InChI is InChI=1S/C27H28F3NO4/c1-14-24-20(19-9-10-23(32)25(33)21(19)12-22(24)26(34)35-14)8-7-18-6-5-16(13-31-18)15-3-2-4-17(11-15)27(28,29)30/h2-8,11,13-14,19-25,32-33H,9-10,12H2,1H3/b8-7+/t14-,19+,20+,21+,22-,23-,24+,25-/m1/s1. The lowest BCUT2D eigenvalue weighted by Crippen LogP contribution is -2.51. The average Bonchev–Trinajstić information content (AvgIpc) is 3.12. The number of hydrogen-bond donors (Lipinski definition) is 2. The third-order valence-electron chi connectivity index (χ3n) is 8.05. The van der Waals surface area contributed by atoms with Crippen LogP contribution in [0.2, 0.25) is 0 Å². The quantitative estimate of drug-likeness (QED) is 0.613. The minimum Gasteiger partial charge on any atom is -0.462 e. The summed E-state index contributed by atoms with van der Waals surface area (Å²) in [5, 5.41) is 20.8. The number of benzene rings is 1. The second-order valence-corrected chi connectivity index (χ2v) is 10.0. The van der Waals surface area contributed by atoms with E-state index in [0.717, 1.165) is 18.6 Å². The van der Waals surface area contributed by atoms with Gasteiger partial charge in [-0.25, -0.2) is 0 Å². The van der Waals surface area contributed by atoms with Crippen molar-refractivity contribution < 1.29 is 32.9 Å². The Hall–Kier alpha value is -2.71.